The van der Waals surface area contributed by atoms with Gasteiger partial charge in [-0.1, -0.05) is 0 Å². The fourth-order valence-electron chi connectivity index (χ4n) is 1.73. The molecule has 2 N–H and O–H groups in total. The van der Waals surface area contributed by atoms with E-state index in [1.807, 2.05) is 31.4 Å². The van der Waals surface area contributed by atoms with Gasteiger partial charge in [0, 0.05) is 25.0 Å². The highest BCUT2D eigenvalue weighted by Gasteiger charge is 2.17. The van der Waals surface area contributed by atoms with Crippen molar-refractivity contribution in [1.82, 2.24) is 9.88 Å². The van der Waals surface area contributed by atoms with Crippen molar-refractivity contribution >= 4 is 42.1 Å². The van der Waals surface area contributed by atoms with Crippen molar-refractivity contribution in [3.8, 4) is 10.8 Å². The van der Waals surface area contributed by atoms with Gasteiger partial charge in [0.15, 0.2) is 10.8 Å². The van der Waals surface area contributed by atoms with Gasteiger partial charge in [0.25, 0.3) is 0 Å². The fourth-order valence-corrected chi connectivity index (χ4v) is 2.51. The standard InChI is InChI=1S/C14H19N3O2S.2ClH/c1-9(7-15)17(3)13(18)6-11-8-20-14(16-11)12-5-4-10(2)19-12;;/h4-5,8-9H,6-7,15H2,1-3H3;2*1H. The topological polar surface area (TPSA) is 72.4 Å². The van der Waals surface area contributed by atoms with Crippen LogP contribution in [0.1, 0.15) is 18.4 Å². The number of carbonyl (C=O) groups is 1. The molecule has 2 aromatic rings. The van der Waals surface area contributed by atoms with Crippen LogP contribution in [-0.4, -0.2) is 35.4 Å². The van der Waals surface area contributed by atoms with Crippen LogP contribution in [0.15, 0.2) is 21.9 Å². The van der Waals surface area contributed by atoms with Crippen LogP contribution in [0.5, 0.6) is 0 Å². The number of furan rings is 1. The number of hydrogen-bond acceptors (Lipinski definition) is 5. The molecule has 1 atom stereocenters. The highest BCUT2D eigenvalue weighted by atomic mass is 35.5. The van der Waals surface area contributed by atoms with Gasteiger partial charge < -0.3 is 15.1 Å². The molecule has 5 nitrogen and oxygen atoms in total. The first-order valence-corrected chi connectivity index (χ1v) is 7.36. The van der Waals surface area contributed by atoms with E-state index >= 15 is 0 Å². The largest absolute Gasteiger partial charge is 0.459 e. The van der Waals surface area contributed by atoms with Crippen LogP contribution in [0.2, 0.25) is 0 Å². The number of halogens is 2. The van der Waals surface area contributed by atoms with Gasteiger partial charge in [-0.05, 0) is 26.0 Å². The van der Waals surface area contributed by atoms with E-state index in [4.69, 9.17) is 10.2 Å². The minimum atomic E-state index is 0. The first-order chi connectivity index (χ1) is 9.51. The molecular formula is C14H21Cl2N3O2S. The highest BCUT2D eigenvalue weighted by Crippen LogP contribution is 2.25. The number of rotatable bonds is 5. The quantitative estimate of drug-likeness (QED) is 0.883. The van der Waals surface area contributed by atoms with Gasteiger partial charge in [-0.25, -0.2) is 4.98 Å². The van der Waals surface area contributed by atoms with E-state index in [0.29, 0.717) is 6.54 Å². The van der Waals surface area contributed by atoms with Gasteiger partial charge in [0.05, 0.1) is 12.1 Å². The molecule has 0 saturated carbocycles. The Morgan fingerprint density at radius 2 is 2.14 bits per heavy atom. The van der Waals surface area contributed by atoms with Crippen LogP contribution in [0.3, 0.4) is 0 Å². The van der Waals surface area contributed by atoms with Crippen LogP contribution >= 0.6 is 36.2 Å². The highest BCUT2D eigenvalue weighted by molar-refractivity contribution is 7.13. The average Bonchev–Trinajstić information content (AvgIpc) is 3.05. The number of amides is 1. The van der Waals surface area contributed by atoms with E-state index in [9.17, 15) is 4.79 Å². The molecule has 22 heavy (non-hydrogen) atoms. The zero-order chi connectivity index (χ0) is 14.7. The summed E-state index contributed by atoms with van der Waals surface area (Å²) in [4.78, 5) is 18.2. The lowest BCUT2D eigenvalue weighted by molar-refractivity contribution is -0.130. The third-order valence-corrected chi connectivity index (χ3v) is 4.14. The Morgan fingerprint density at radius 3 is 2.68 bits per heavy atom. The Balaban J connectivity index is 0.00000220. The number of aromatic nitrogens is 1. The molecule has 1 amide bonds. The minimum Gasteiger partial charge on any atom is -0.459 e. The number of likely N-dealkylation sites (N-methyl/N-ethyl adjacent to an activating group) is 1. The second kappa shape index (κ2) is 9.15. The van der Waals surface area contributed by atoms with Crippen LogP contribution in [0, 0.1) is 6.92 Å². The first kappa shape index (κ1) is 20.9. The summed E-state index contributed by atoms with van der Waals surface area (Å²) in [7, 11) is 1.77. The molecule has 0 saturated heterocycles. The summed E-state index contributed by atoms with van der Waals surface area (Å²) in [5, 5.41) is 2.70. The van der Waals surface area contributed by atoms with E-state index < -0.39 is 0 Å². The lowest BCUT2D eigenvalue weighted by Gasteiger charge is -2.23. The number of nitrogens with two attached hydrogens (primary N) is 1. The Hall–Kier alpha value is -1.08. The molecule has 2 rings (SSSR count). The van der Waals surface area contributed by atoms with Crippen molar-refractivity contribution in [2.24, 2.45) is 5.73 Å². The molecule has 0 aromatic carbocycles. The lowest BCUT2D eigenvalue weighted by atomic mass is 10.2. The summed E-state index contributed by atoms with van der Waals surface area (Å²) in [6.07, 6.45) is 0.289. The van der Waals surface area contributed by atoms with Crippen molar-refractivity contribution in [3.63, 3.8) is 0 Å². The molecule has 0 fully saturated rings. The summed E-state index contributed by atoms with van der Waals surface area (Å²) < 4.78 is 5.53. The molecule has 2 aromatic heterocycles. The van der Waals surface area contributed by atoms with Gasteiger partial charge in [-0.2, -0.15) is 0 Å². The predicted molar refractivity (Wildman–Crippen MR) is 94.0 cm³/mol. The Morgan fingerprint density at radius 1 is 1.45 bits per heavy atom. The lowest BCUT2D eigenvalue weighted by Crippen LogP contribution is -2.40. The fraction of sp³-hybridized carbons (Fsp3) is 0.429. The van der Waals surface area contributed by atoms with Gasteiger partial charge in [0.1, 0.15) is 5.76 Å². The molecular weight excluding hydrogens is 345 g/mol. The maximum Gasteiger partial charge on any atom is 0.228 e. The summed E-state index contributed by atoms with van der Waals surface area (Å²) in [6, 6.07) is 3.83. The molecule has 2 heterocycles. The number of nitrogens with zero attached hydrogens (tertiary/aromatic N) is 2. The van der Waals surface area contributed by atoms with Crippen LogP contribution in [-0.2, 0) is 11.2 Å². The predicted octanol–water partition coefficient (Wildman–Crippen LogP) is 2.90. The van der Waals surface area contributed by atoms with Crippen molar-refractivity contribution in [2.45, 2.75) is 26.3 Å². The molecule has 8 heteroatoms. The summed E-state index contributed by atoms with van der Waals surface area (Å²) in [6.45, 7) is 4.27. The van der Waals surface area contributed by atoms with Gasteiger partial charge >= 0.3 is 0 Å². The zero-order valence-electron chi connectivity index (χ0n) is 12.7. The Bertz CT molecular complexity index is 600. The van der Waals surface area contributed by atoms with E-state index in [-0.39, 0.29) is 43.2 Å². The molecule has 0 radical (unpaired) electrons. The Kier molecular flexibility index (Phi) is 8.70. The van der Waals surface area contributed by atoms with Gasteiger partial charge in [-0.15, -0.1) is 36.2 Å². The number of hydrogen-bond donors (Lipinski definition) is 1. The summed E-state index contributed by atoms with van der Waals surface area (Å²) >= 11 is 1.48. The smallest absolute Gasteiger partial charge is 0.228 e. The second-order valence-electron chi connectivity index (χ2n) is 4.82. The van der Waals surface area contributed by atoms with Crippen LogP contribution in [0.25, 0.3) is 10.8 Å². The molecule has 124 valence electrons. The van der Waals surface area contributed by atoms with Crippen molar-refractivity contribution in [2.75, 3.05) is 13.6 Å². The zero-order valence-corrected chi connectivity index (χ0v) is 15.2. The molecule has 0 aliphatic rings. The maximum absolute atomic E-state index is 12.1. The van der Waals surface area contributed by atoms with Crippen LogP contribution in [0.4, 0.5) is 0 Å². The van der Waals surface area contributed by atoms with Crippen molar-refractivity contribution in [3.05, 3.63) is 29.0 Å². The molecule has 0 aliphatic carbocycles. The molecule has 0 bridgehead atoms. The summed E-state index contributed by atoms with van der Waals surface area (Å²) in [5.74, 6) is 1.62. The summed E-state index contributed by atoms with van der Waals surface area (Å²) in [5.41, 5.74) is 6.33. The first-order valence-electron chi connectivity index (χ1n) is 6.48. The maximum atomic E-state index is 12.1. The molecule has 0 spiro atoms. The molecule has 1 unspecified atom stereocenters. The van der Waals surface area contributed by atoms with Crippen molar-refractivity contribution < 1.29 is 9.21 Å². The minimum absolute atomic E-state index is 0. The third-order valence-electron chi connectivity index (χ3n) is 3.23. The normalized spacial score (nSPS) is 11.3. The molecule has 0 aliphatic heterocycles. The second-order valence-corrected chi connectivity index (χ2v) is 5.68. The van der Waals surface area contributed by atoms with Gasteiger partial charge in [0.2, 0.25) is 5.91 Å². The third kappa shape index (κ3) is 4.98. The number of thiazole rings is 1. The Labute approximate surface area is 146 Å². The number of carbonyl (C=O) groups excluding carboxylic acids is 1. The van der Waals surface area contributed by atoms with Crippen molar-refractivity contribution in [1.29, 1.82) is 0 Å². The van der Waals surface area contributed by atoms with Gasteiger partial charge in [-0.3, -0.25) is 4.79 Å². The number of aryl methyl sites for hydroxylation is 1. The van der Waals surface area contributed by atoms with E-state index in [2.05, 4.69) is 4.98 Å². The van der Waals surface area contributed by atoms with E-state index in [1.165, 1.54) is 11.3 Å². The van der Waals surface area contributed by atoms with Crippen LogP contribution < -0.4 is 5.73 Å². The monoisotopic (exact) mass is 365 g/mol. The van der Waals surface area contributed by atoms with E-state index in [0.717, 1.165) is 22.2 Å². The SMILES string of the molecule is Cc1ccc(-c2nc(CC(=O)N(C)C(C)CN)cs2)o1.Cl.Cl. The average molecular weight is 366 g/mol. The van der Waals surface area contributed by atoms with E-state index in [1.54, 1.807) is 11.9 Å².